The van der Waals surface area contributed by atoms with Gasteiger partial charge in [0.1, 0.15) is 11.0 Å². The SMILES string of the molecule is N#Cc1ncccc1S(=O)(=O)NCC(O)C(F)(F)F. The van der Waals surface area contributed by atoms with Crippen LogP contribution >= 0.6 is 0 Å². The lowest BCUT2D eigenvalue weighted by Crippen LogP contribution is -2.40. The molecule has 0 fully saturated rings. The zero-order chi connectivity index (χ0) is 14.7. The molecule has 1 aromatic heterocycles. The largest absolute Gasteiger partial charge is 0.415 e. The Morgan fingerprint density at radius 1 is 1.53 bits per heavy atom. The molecule has 0 aliphatic heterocycles. The monoisotopic (exact) mass is 295 g/mol. The molecule has 0 radical (unpaired) electrons. The number of hydrogen-bond donors (Lipinski definition) is 2. The zero-order valence-electron chi connectivity index (χ0n) is 9.22. The summed E-state index contributed by atoms with van der Waals surface area (Å²) in [5, 5.41) is 17.3. The highest BCUT2D eigenvalue weighted by Crippen LogP contribution is 2.20. The van der Waals surface area contributed by atoms with E-state index in [0.29, 0.717) is 0 Å². The van der Waals surface area contributed by atoms with Gasteiger partial charge in [-0.15, -0.1) is 0 Å². The average Bonchev–Trinajstić information content (AvgIpc) is 2.34. The summed E-state index contributed by atoms with van der Waals surface area (Å²) < 4.78 is 61.0. The van der Waals surface area contributed by atoms with E-state index in [1.165, 1.54) is 18.3 Å². The molecule has 2 N–H and O–H groups in total. The minimum absolute atomic E-state index is 0.448. The molecule has 1 heterocycles. The van der Waals surface area contributed by atoms with Gasteiger partial charge in [-0.1, -0.05) is 0 Å². The van der Waals surface area contributed by atoms with Gasteiger partial charge in [-0.25, -0.2) is 18.1 Å². The predicted molar refractivity (Wildman–Crippen MR) is 56.2 cm³/mol. The second-order valence-corrected chi connectivity index (χ2v) is 5.11. The van der Waals surface area contributed by atoms with Crippen molar-refractivity contribution in [2.75, 3.05) is 6.54 Å². The van der Waals surface area contributed by atoms with Crippen LogP contribution in [0.3, 0.4) is 0 Å². The molecule has 0 bridgehead atoms. The van der Waals surface area contributed by atoms with E-state index >= 15 is 0 Å². The number of nitriles is 1. The molecule has 1 rings (SSSR count). The molecule has 0 spiro atoms. The van der Waals surface area contributed by atoms with E-state index in [-0.39, 0.29) is 0 Å². The first-order chi connectivity index (χ1) is 8.68. The second kappa shape index (κ2) is 5.52. The lowest BCUT2D eigenvalue weighted by atomic mass is 10.4. The van der Waals surface area contributed by atoms with E-state index in [9.17, 15) is 21.6 Å². The Balaban J connectivity index is 2.92. The van der Waals surface area contributed by atoms with Crippen molar-refractivity contribution in [1.82, 2.24) is 9.71 Å². The quantitative estimate of drug-likeness (QED) is 0.823. The number of nitrogens with one attached hydrogen (secondary N) is 1. The van der Waals surface area contributed by atoms with E-state index in [4.69, 9.17) is 10.4 Å². The Morgan fingerprint density at radius 2 is 2.16 bits per heavy atom. The van der Waals surface area contributed by atoms with Crippen LogP contribution < -0.4 is 4.72 Å². The van der Waals surface area contributed by atoms with E-state index in [1.807, 2.05) is 0 Å². The highest BCUT2D eigenvalue weighted by molar-refractivity contribution is 7.89. The van der Waals surface area contributed by atoms with Crippen LogP contribution in [0, 0.1) is 11.3 Å². The normalized spacial score (nSPS) is 13.8. The second-order valence-electron chi connectivity index (χ2n) is 3.37. The van der Waals surface area contributed by atoms with Gasteiger partial charge in [0.25, 0.3) is 0 Å². The van der Waals surface area contributed by atoms with Crippen molar-refractivity contribution in [2.24, 2.45) is 0 Å². The highest BCUT2D eigenvalue weighted by Gasteiger charge is 2.38. The number of halogens is 3. The summed E-state index contributed by atoms with van der Waals surface area (Å²) in [6.07, 6.45) is -6.60. The van der Waals surface area contributed by atoms with Crippen LogP contribution in [0.5, 0.6) is 0 Å². The summed E-state index contributed by atoms with van der Waals surface area (Å²) in [6.45, 7) is -1.24. The number of pyridine rings is 1. The fraction of sp³-hybridized carbons (Fsp3) is 0.333. The molecule has 104 valence electrons. The van der Waals surface area contributed by atoms with Gasteiger partial charge in [-0.3, -0.25) is 0 Å². The molecule has 1 atom stereocenters. The number of aliphatic hydroxyl groups excluding tert-OH is 1. The number of aromatic nitrogens is 1. The molecule has 1 unspecified atom stereocenters. The minimum Gasteiger partial charge on any atom is -0.382 e. The summed E-state index contributed by atoms with van der Waals surface area (Å²) in [5.41, 5.74) is -0.448. The van der Waals surface area contributed by atoms with Crippen LogP contribution in [-0.4, -0.2) is 37.3 Å². The van der Waals surface area contributed by atoms with Crippen molar-refractivity contribution in [3.63, 3.8) is 0 Å². The molecular weight excluding hydrogens is 287 g/mol. The number of hydrogen-bond acceptors (Lipinski definition) is 5. The molecule has 0 amide bonds. The number of aliphatic hydroxyl groups is 1. The van der Waals surface area contributed by atoms with Gasteiger partial charge in [0.05, 0.1) is 0 Å². The Kier molecular flexibility index (Phi) is 4.46. The van der Waals surface area contributed by atoms with E-state index in [0.717, 1.165) is 6.07 Å². The smallest absolute Gasteiger partial charge is 0.382 e. The Bertz CT molecular complexity index is 595. The van der Waals surface area contributed by atoms with E-state index in [1.54, 1.807) is 4.72 Å². The van der Waals surface area contributed by atoms with Gasteiger partial charge in [-0.05, 0) is 12.1 Å². The Hall–Kier alpha value is -1.70. The molecule has 0 aromatic carbocycles. The highest BCUT2D eigenvalue weighted by atomic mass is 32.2. The molecule has 19 heavy (non-hydrogen) atoms. The van der Waals surface area contributed by atoms with Gasteiger partial charge >= 0.3 is 6.18 Å². The molecule has 0 aliphatic rings. The third-order valence-corrected chi connectivity index (χ3v) is 3.47. The Labute approximate surface area is 106 Å². The first-order valence-electron chi connectivity index (χ1n) is 4.78. The van der Waals surface area contributed by atoms with Crippen LogP contribution in [0.2, 0.25) is 0 Å². The topological polar surface area (TPSA) is 103 Å². The summed E-state index contributed by atoms with van der Waals surface area (Å²) >= 11 is 0. The van der Waals surface area contributed by atoms with E-state index in [2.05, 4.69) is 4.98 Å². The molecule has 0 saturated carbocycles. The minimum atomic E-state index is -4.94. The molecule has 6 nitrogen and oxygen atoms in total. The lowest BCUT2D eigenvalue weighted by molar-refractivity contribution is -0.200. The third-order valence-electron chi connectivity index (χ3n) is 2.01. The predicted octanol–water partition coefficient (Wildman–Crippen LogP) is 0.155. The first kappa shape index (κ1) is 15.4. The maximum absolute atomic E-state index is 12.0. The van der Waals surface area contributed by atoms with Crippen LogP contribution in [0.25, 0.3) is 0 Å². The van der Waals surface area contributed by atoms with Gasteiger partial charge in [-0.2, -0.15) is 18.4 Å². The summed E-state index contributed by atoms with van der Waals surface area (Å²) in [6, 6.07) is 3.74. The van der Waals surface area contributed by atoms with Gasteiger partial charge in [0, 0.05) is 12.7 Å². The van der Waals surface area contributed by atoms with Crippen molar-refractivity contribution < 1.29 is 26.7 Å². The van der Waals surface area contributed by atoms with Crippen LogP contribution in [0.1, 0.15) is 5.69 Å². The number of rotatable bonds is 4. The van der Waals surface area contributed by atoms with Crippen LogP contribution in [0.15, 0.2) is 23.2 Å². The van der Waals surface area contributed by atoms with Crippen molar-refractivity contribution in [3.8, 4) is 6.07 Å². The van der Waals surface area contributed by atoms with Gasteiger partial charge in [0.15, 0.2) is 11.8 Å². The number of alkyl halides is 3. The standard InChI is InChI=1S/C9H8F3N3O3S/c10-9(11,12)8(16)5-15-19(17,18)7-2-1-3-14-6(7)4-13/h1-3,8,15-16H,5H2. The van der Waals surface area contributed by atoms with Crippen LogP contribution in [-0.2, 0) is 10.0 Å². The van der Waals surface area contributed by atoms with Gasteiger partial charge < -0.3 is 5.11 Å². The molecule has 0 saturated heterocycles. The summed E-state index contributed by atoms with van der Waals surface area (Å²) in [7, 11) is -4.35. The average molecular weight is 295 g/mol. The fourth-order valence-electron chi connectivity index (χ4n) is 1.07. The maximum Gasteiger partial charge on any atom is 0.415 e. The maximum atomic E-state index is 12.0. The molecule has 0 aliphatic carbocycles. The summed E-state index contributed by atoms with van der Waals surface area (Å²) in [4.78, 5) is 2.93. The zero-order valence-corrected chi connectivity index (χ0v) is 10.0. The van der Waals surface area contributed by atoms with Crippen molar-refractivity contribution in [1.29, 1.82) is 5.26 Å². The third kappa shape index (κ3) is 3.88. The summed E-state index contributed by atoms with van der Waals surface area (Å²) in [5.74, 6) is 0. The molecular formula is C9H8F3N3O3S. The fourth-order valence-corrected chi connectivity index (χ4v) is 2.22. The lowest BCUT2D eigenvalue weighted by Gasteiger charge is -2.15. The first-order valence-corrected chi connectivity index (χ1v) is 6.26. The molecule has 1 aromatic rings. The van der Waals surface area contributed by atoms with Gasteiger partial charge in [0.2, 0.25) is 10.0 Å². The van der Waals surface area contributed by atoms with Crippen LogP contribution in [0.4, 0.5) is 13.2 Å². The number of sulfonamides is 1. The van der Waals surface area contributed by atoms with E-state index < -0.39 is 39.4 Å². The number of nitrogens with zero attached hydrogens (tertiary/aromatic N) is 2. The molecule has 10 heteroatoms. The van der Waals surface area contributed by atoms with Crippen molar-refractivity contribution >= 4 is 10.0 Å². The Morgan fingerprint density at radius 3 is 2.68 bits per heavy atom. The van der Waals surface area contributed by atoms with Crippen molar-refractivity contribution in [3.05, 3.63) is 24.0 Å². The van der Waals surface area contributed by atoms with Crippen molar-refractivity contribution in [2.45, 2.75) is 17.2 Å².